The van der Waals surface area contributed by atoms with Crippen molar-refractivity contribution in [2.45, 2.75) is 63.9 Å². The van der Waals surface area contributed by atoms with Gasteiger partial charge in [-0.05, 0) is 57.4 Å². The third-order valence-electron chi connectivity index (χ3n) is 6.05. The highest BCUT2D eigenvalue weighted by Gasteiger charge is 2.36. The molecule has 2 aliphatic rings. The van der Waals surface area contributed by atoms with Crippen molar-refractivity contribution in [3.05, 3.63) is 40.2 Å². The normalized spacial score (nSPS) is 22.6. The van der Waals surface area contributed by atoms with Crippen molar-refractivity contribution in [2.75, 3.05) is 15.5 Å². The Morgan fingerprint density at radius 2 is 1.79 bits per heavy atom. The van der Waals surface area contributed by atoms with Gasteiger partial charge in [0.25, 0.3) is 5.56 Å². The lowest BCUT2D eigenvalue weighted by Gasteiger charge is -2.39. The molecule has 1 fully saturated rings. The van der Waals surface area contributed by atoms with E-state index in [1.54, 1.807) is 0 Å². The predicted octanol–water partition coefficient (Wildman–Crippen LogP) is 3.50. The molecule has 3 N–H and O–H groups in total. The number of H-pyrrole nitrogens is 1. The number of nitrogens with zero attached hydrogens (tertiary/aromatic N) is 2. The fraction of sp³-hybridized carbons (Fsp3) is 0.455. The molecule has 1 aromatic heterocycles. The molecule has 12 heteroatoms. The maximum atomic E-state index is 13.0. The van der Waals surface area contributed by atoms with Crippen molar-refractivity contribution in [3.63, 3.8) is 0 Å². The van der Waals surface area contributed by atoms with Crippen molar-refractivity contribution in [1.29, 1.82) is 0 Å². The summed E-state index contributed by atoms with van der Waals surface area (Å²) in [6, 6.07) is 4.85. The van der Waals surface area contributed by atoms with Crippen LogP contribution in [-0.4, -0.2) is 40.2 Å². The number of piperidine rings is 1. The van der Waals surface area contributed by atoms with Crippen molar-refractivity contribution < 1.29 is 27.5 Å². The van der Waals surface area contributed by atoms with E-state index >= 15 is 0 Å². The molecule has 0 radical (unpaired) electrons. The Bertz CT molecular complexity index is 1140. The minimum atomic E-state index is -4.83. The first kappa shape index (κ1) is 23.6. The van der Waals surface area contributed by atoms with Gasteiger partial charge < -0.3 is 20.3 Å². The summed E-state index contributed by atoms with van der Waals surface area (Å²) in [5.41, 5.74) is -0.307. The molecule has 182 valence electrons. The second-order valence-electron chi connectivity index (χ2n) is 8.55. The molecule has 0 spiro atoms. The van der Waals surface area contributed by atoms with Crippen LogP contribution in [0.1, 0.15) is 51.0 Å². The summed E-state index contributed by atoms with van der Waals surface area (Å²) in [6.07, 6.45) is -2.16. The van der Waals surface area contributed by atoms with Crippen LogP contribution >= 0.6 is 0 Å². The van der Waals surface area contributed by atoms with Gasteiger partial charge in [0.15, 0.2) is 0 Å². The summed E-state index contributed by atoms with van der Waals surface area (Å²) in [6.45, 7) is 4.07. The largest absolute Gasteiger partial charge is 0.573 e. The zero-order valence-electron chi connectivity index (χ0n) is 18.5. The van der Waals surface area contributed by atoms with Crippen molar-refractivity contribution in [1.82, 2.24) is 9.97 Å². The molecule has 1 aromatic carbocycles. The number of carbonyl (C=O) groups excluding carboxylic acids is 2. The number of nitrogens with one attached hydrogen (secondary N) is 3. The van der Waals surface area contributed by atoms with E-state index in [0.717, 1.165) is 31.4 Å². The average molecular weight is 479 g/mol. The second-order valence-corrected chi connectivity index (χ2v) is 8.55. The molecular formula is C22H24F3N5O4. The molecule has 4 rings (SSSR count). The van der Waals surface area contributed by atoms with Crippen LogP contribution in [0.2, 0.25) is 0 Å². The van der Waals surface area contributed by atoms with Gasteiger partial charge in [0, 0.05) is 24.2 Å². The lowest BCUT2D eigenvalue weighted by molar-refractivity contribution is -0.274. The number of aromatic amines is 1. The minimum absolute atomic E-state index is 0.0362. The number of alkyl halides is 3. The van der Waals surface area contributed by atoms with Crippen LogP contribution in [0.5, 0.6) is 5.75 Å². The molecule has 3 atom stereocenters. The third kappa shape index (κ3) is 5.00. The SMILES string of the molecule is C[C@@H]1CCC[C@@H](C)N1c1nc2c(c(=O)[nH]1)[C@H](C(=O)Nc1ccc(OC(F)(F)F)cc1)CC(=O)N2. The molecule has 2 amide bonds. The fourth-order valence-corrected chi connectivity index (χ4v) is 4.51. The van der Waals surface area contributed by atoms with E-state index in [9.17, 15) is 27.6 Å². The number of carbonyl (C=O) groups is 2. The van der Waals surface area contributed by atoms with Gasteiger partial charge in [0.1, 0.15) is 11.6 Å². The highest BCUT2D eigenvalue weighted by molar-refractivity contribution is 6.04. The Hall–Kier alpha value is -3.57. The van der Waals surface area contributed by atoms with E-state index in [1.807, 2.05) is 18.7 Å². The van der Waals surface area contributed by atoms with Crippen LogP contribution in [0.3, 0.4) is 0 Å². The number of aromatic nitrogens is 2. The second kappa shape index (κ2) is 8.99. The van der Waals surface area contributed by atoms with E-state index in [4.69, 9.17) is 0 Å². The number of hydrogen-bond donors (Lipinski definition) is 3. The number of fused-ring (bicyclic) bond motifs is 1. The molecule has 9 nitrogen and oxygen atoms in total. The van der Waals surface area contributed by atoms with Crippen molar-refractivity contribution in [3.8, 4) is 5.75 Å². The van der Waals surface area contributed by atoms with E-state index < -0.39 is 35.4 Å². The first-order valence-corrected chi connectivity index (χ1v) is 10.9. The number of hydrogen-bond acceptors (Lipinski definition) is 6. The molecule has 34 heavy (non-hydrogen) atoms. The quantitative estimate of drug-likeness (QED) is 0.618. The van der Waals surface area contributed by atoms with Crippen LogP contribution < -0.4 is 25.8 Å². The number of benzene rings is 1. The predicted molar refractivity (Wildman–Crippen MR) is 118 cm³/mol. The lowest BCUT2D eigenvalue weighted by atomic mass is 9.92. The standard InChI is InChI=1S/C22H24F3N5O4/c1-11-4-3-5-12(2)30(11)21-28-18-17(20(33)29-21)15(10-16(31)27-18)19(32)26-13-6-8-14(9-7-13)34-22(23,24)25/h6-9,11-12,15H,3-5,10H2,1-2H3,(H,26,32)(H2,27,28,29,31,33)/t11-,12-,15-/m1/s1. The smallest absolute Gasteiger partial charge is 0.406 e. The van der Waals surface area contributed by atoms with E-state index in [2.05, 4.69) is 25.3 Å². The Labute approximate surface area is 192 Å². The van der Waals surface area contributed by atoms with Gasteiger partial charge in [0.2, 0.25) is 17.8 Å². The number of anilines is 3. The van der Waals surface area contributed by atoms with Crippen molar-refractivity contribution in [2.24, 2.45) is 0 Å². The van der Waals surface area contributed by atoms with Crippen LogP contribution in [0.25, 0.3) is 0 Å². The molecular weight excluding hydrogens is 455 g/mol. The van der Waals surface area contributed by atoms with Gasteiger partial charge in [0.05, 0.1) is 11.5 Å². The summed E-state index contributed by atoms with van der Waals surface area (Å²) in [5.74, 6) is -2.30. The third-order valence-corrected chi connectivity index (χ3v) is 6.05. The Morgan fingerprint density at radius 3 is 2.41 bits per heavy atom. The van der Waals surface area contributed by atoms with Gasteiger partial charge in [-0.15, -0.1) is 13.2 Å². The maximum absolute atomic E-state index is 13.0. The first-order valence-electron chi connectivity index (χ1n) is 10.9. The van der Waals surface area contributed by atoms with Gasteiger partial charge in [-0.2, -0.15) is 4.98 Å². The molecule has 0 bridgehead atoms. The van der Waals surface area contributed by atoms with Gasteiger partial charge >= 0.3 is 6.36 Å². The maximum Gasteiger partial charge on any atom is 0.573 e. The molecule has 0 unspecified atom stereocenters. The average Bonchev–Trinajstić information content (AvgIpc) is 2.73. The molecule has 0 saturated carbocycles. The number of ether oxygens (including phenoxy) is 1. The number of amides is 2. The highest BCUT2D eigenvalue weighted by Crippen LogP contribution is 2.33. The van der Waals surface area contributed by atoms with Crippen LogP contribution in [0.15, 0.2) is 29.1 Å². The van der Waals surface area contributed by atoms with Crippen LogP contribution in [0.4, 0.5) is 30.6 Å². The zero-order chi connectivity index (χ0) is 24.6. The molecule has 1 saturated heterocycles. The molecule has 3 heterocycles. The van der Waals surface area contributed by atoms with Crippen molar-refractivity contribution >= 4 is 29.3 Å². The summed E-state index contributed by atoms with van der Waals surface area (Å²) >= 11 is 0. The highest BCUT2D eigenvalue weighted by atomic mass is 19.4. The molecule has 0 aliphatic carbocycles. The number of rotatable bonds is 4. The monoisotopic (exact) mass is 479 g/mol. The zero-order valence-corrected chi connectivity index (χ0v) is 18.5. The number of halogens is 3. The van der Waals surface area contributed by atoms with Gasteiger partial charge in [-0.3, -0.25) is 19.4 Å². The van der Waals surface area contributed by atoms with Gasteiger partial charge in [-0.25, -0.2) is 0 Å². The molecule has 2 aliphatic heterocycles. The first-order chi connectivity index (χ1) is 16.0. The van der Waals surface area contributed by atoms with E-state index in [1.165, 1.54) is 12.1 Å². The Kier molecular flexibility index (Phi) is 6.24. The van der Waals surface area contributed by atoms with E-state index in [-0.39, 0.29) is 35.6 Å². The van der Waals surface area contributed by atoms with E-state index in [0.29, 0.717) is 5.95 Å². The van der Waals surface area contributed by atoms with Crippen LogP contribution in [-0.2, 0) is 9.59 Å². The Morgan fingerprint density at radius 1 is 1.15 bits per heavy atom. The Balaban J connectivity index is 1.58. The lowest BCUT2D eigenvalue weighted by Crippen LogP contribution is -2.46. The van der Waals surface area contributed by atoms with Crippen LogP contribution in [0, 0.1) is 0 Å². The summed E-state index contributed by atoms with van der Waals surface area (Å²) < 4.78 is 40.8. The summed E-state index contributed by atoms with van der Waals surface area (Å²) in [7, 11) is 0. The minimum Gasteiger partial charge on any atom is -0.406 e. The summed E-state index contributed by atoms with van der Waals surface area (Å²) in [4.78, 5) is 47.5. The topological polar surface area (TPSA) is 116 Å². The summed E-state index contributed by atoms with van der Waals surface area (Å²) in [5, 5.41) is 5.12. The fourth-order valence-electron chi connectivity index (χ4n) is 4.51. The van der Waals surface area contributed by atoms with Gasteiger partial charge in [-0.1, -0.05) is 0 Å². The molecule has 2 aromatic rings.